The van der Waals surface area contributed by atoms with Gasteiger partial charge in [-0.25, -0.2) is 0 Å². The molecule has 0 aliphatic rings. The van der Waals surface area contributed by atoms with Crippen molar-refractivity contribution in [1.82, 2.24) is 10.3 Å². The number of hydrogen-bond donors (Lipinski definition) is 1. The van der Waals surface area contributed by atoms with Crippen LogP contribution in [0, 0.1) is 12.8 Å². The van der Waals surface area contributed by atoms with Crippen molar-refractivity contribution in [1.29, 1.82) is 0 Å². The van der Waals surface area contributed by atoms with Crippen molar-refractivity contribution >= 4 is 11.6 Å². The number of carbonyl (C=O) groups is 1. The molecule has 0 radical (unpaired) electrons. The third-order valence-corrected chi connectivity index (χ3v) is 2.47. The molecular formula is C14H22N4O. The molecule has 0 saturated carbocycles. The number of amides is 1. The van der Waals surface area contributed by atoms with E-state index in [4.69, 9.17) is 0 Å². The highest BCUT2D eigenvalue weighted by Crippen LogP contribution is 2.20. The summed E-state index contributed by atoms with van der Waals surface area (Å²) < 4.78 is 0. The van der Waals surface area contributed by atoms with Gasteiger partial charge in [-0.15, -0.1) is 5.11 Å². The lowest BCUT2D eigenvalue weighted by molar-refractivity contribution is 0.0949. The number of hydrogen-bond acceptors (Lipinski definition) is 3. The Morgan fingerprint density at radius 2 is 2.05 bits per heavy atom. The fraction of sp³-hybridized carbons (Fsp3) is 0.500. The molecule has 5 heteroatoms. The standard InChI is InChI=1S/C14H22N4O/c1-10(2)9-15-14(19)12-7-6-11(3)13(8-12)16-17-18(4)5/h6-8,10H,9H2,1-5H3,(H,15,19). The topological polar surface area (TPSA) is 57.1 Å². The largest absolute Gasteiger partial charge is 0.352 e. The molecule has 19 heavy (non-hydrogen) atoms. The van der Waals surface area contributed by atoms with Crippen LogP contribution >= 0.6 is 0 Å². The first-order chi connectivity index (χ1) is 8.90. The van der Waals surface area contributed by atoms with Gasteiger partial charge in [-0.05, 0) is 30.5 Å². The summed E-state index contributed by atoms with van der Waals surface area (Å²) in [5.41, 5.74) is 2.32. The molecule has 0 atom stereocenters. The van der Waals surface area contributed by atoms with Gasteiger partial charge in [0.05, 0.1) is 5.69 Å². The van der Waals surface area contributed by atoms with E-state index in [1.165, 1.54) is 0 Å². The first-order valence-corrected chi connectivity index (χ1v) is 6.38. The molecule has 0 bridgehead atoms. The summed E-state index contributed by atoms with van der Waals surface area (Å²) in [5, 5.41) is 12.6. The molecule has 1 aromatic rings. The van der Waals surface area contributed by atoms with Crippen LogP contribution in [0.5, 0.6) is 0 Å². The molecule has 1 N–H and O–H groups in total. The van der Waals surface area contributed by atoms with E-state index in [1.54, 1.807) is 31.2 Å². The van der Waals surface area contributed by atoms with Crippen LogP contribution in [0.4, 0.5) is 5.69 Å². The minimum Gasteiger partial charge on any atom is -0.352 e. The predicted molar refractivity (Wildman–Crippen MR) is 76.6 cm³/mol. The van der Waals surface area contributed by atoms with E-state index >= 15 is 0 Å². The Labute approximate surface area is 114 Å². The highest BCUT2D eigenvalue weighted by atomic mass is 16.1. The third kappa shape index (κ3) is 5.07. The first-order valence-electron chi connectivity index (χ1n) is 6.38. The minimum absolute atomic E-state index is 0.0741. The zero-order valence-electron chi connectivity index (χ0n) is 12.3. The van der Waals surface area contributed by atoms with Crippen molar-refractivity contribution < 1.29 is 4.79 Å². The van der Waals surface area contributed by atoms with Gasteiger partial charge >= 0.3 is 0 Å². The number of carbonyl (C=O) groups excluding carboxylic acids is 1. The number of rotatable bonds is 5. The minimum atomic E-state index is -0.0741. The zero-order valence-corrected chi connectivity index (χ0v) is 12.3. The Kier molecular flexibility index (Phi) is 5.48. The maximum Gasteiger partial charge on any atom is 0.251 e. The number of benzene rings is 1. The van der Waals surface area contributed by atoms with Crippen LogP contribution < -0.4 is 5.32 Å². The van der Waals surface area contributed by atoms with E-state index in [0.29, 0.717) is 23.7 Å². The lowest BCUT2D eigenvalue weighted by atomic mass is 10.1. The molecule has 1 amide bonds. The van der Waals surface area contributed by atoms with Crippen LogP contribution in [-0.2, 0) is 0 Å². The molecular weight excluding hydrogens is 240 g/mol. The van der Waals surface area contributed by atoms with Crippen LogP contribution in [0.25, 0.3) is 0 Å². The molecule has 0 aliphatic heterocycles. The highest BCUT2D eigenvalue weighted by molar-refractivity contribution is 5.95. The average Bonchev–Trinajstić information content (AvgIpc) is 2.34. The lowest BCUT2D eigenvalue weighted by Gasteiger charge is -2.09. The summed E-state index contributed by atoms with van der Waals surface area (Å²) in [4.78, 5) is 12.0. The molecule has 1 aromatic carbocycles. The summed E-state index contributed by atoms with van der Waals surface area (Å²) in [6, 6.07) is 5.45. The van der Waals surface area contributed by atoms with Crippen LogP contribution in [0.15, 0.2) is 28.5 Å². The fourth-order valence-corrected chi connectivity index (χ4v) is 1.39. The molecule has 0 aromatic heterocycles. The predicted octanol–water partition coefficient (Wildman–Crippen LogP) is 2.94. The smallest absolute Gasteiger partial charge is 0.251 e. The normalized spacial score (nSPS) is 11.1. The number of nitrogens with zero attached hydrogens (tertiary/aromatic N) is 3. The molecule has 1 rings (SSSR count). The maximum atomic E-state index is 12.0. The van der Waals surface area contributed by atoms with Crippen LogP contribution in [0.1, 0.15) is 29.8 Å². The number of aryl methyl sites for hydroxylation is 1. The summed E-state index contributed by atoms with van der Waals surface area (Å²) in [7, 11) is 3.61. The Morgan fingerprint density at radius 3 is 2.63 bits per heavy atom. The van der Waals surface area contributed by atoms with Gasteiger partial charge in [0.1, 0.15) is 0 Å². The van der Waals surface area contributed by atoms with Gasteiger partial charge in [0.25, 0.3) is 5.91 Å². The van der Waals surface area contributed by atoms with E-state index in [2.05, 4.69) is 29.5 Å². The van der Waals surface area contributed by atoms with Gasteiger partial charge in [0.2, 0.25) is 0 Å². The molecule has 0 spiro atoms. The van der Waals surface area contributed by atoms with Gasteiger partial charge in [0, 0.05) is 26.2 Å². The van der Waals surface area contributed by atoms with Crippen LogP contribution in [-0.4, -0.2) is 31.6 Å². The zero-order chi connectivity index (χ0) is 14.4. The molecule has 0 fully saturated rings. The van der Waals surface area contributed by atoms with E-state index in [1.807, 2.05) is 13.0 Å². The van der Waals surface area contributed by atoms with Crippen molar-refractivity contribution in [2.45, 2.75) is 20.8 Å². The summed E-state index contributed by atoms with van der Waals surface area (Å²) in [6.07, 6.45) is 0. The van der Waals surface area contributed by atoms with Crippen LogP contribution in [0.3, 0.4) is 0 Å². The van der Waals surface area contributed by atoms with E-state index in [9.17, 15) is 4.79 Å². The number of nitrogens with one attached hydrogen (secondary N) is 1. The summed E-state index contributed by atoms with van der Waals surface area (Å²) in [6.45, 7) is 6.74. The SMILES string of the molecule is Cc1ccc(C(=O)NCC(C)C)cc1N=NN(C)C. The Balaban J connectivity index is 2.86. The summed E-state index contributed by atoms with van der Waals surface area (Å²) >= 11 is 0. The quantitative estimate of drug-likeness (QED) is 0.655. The van der Waals surface area contributed by atoms with E-state index < -0.39 is 0 Å². The van der Waals surface area contributed by atoms with Gasteiger partial charge in [-0.1, -0.05) is 25.1 Å². The van der Waals surface area contributed by atoms with Crippen molar-refractivity contribution in [3.05, 3.63) is 29.3 Å². The van der Waals surface area contributed by atoms with E-state index in [0.717, 1.165) is 5.56 Å². The monoisotopic (exact) mass is 262 g/mol. The fourth-order valence-electron chi connectivity index (χ4n) is 1.39. The second kappa shape index (κ2) is 6.87. The Hall–Kier alpha value is -1.91. The van der Waals surface area contributed by atoms with Gasteiger partial charge in [0.15, 0.2) is 0 Å². The van der Waals surface area contributed by atoms with Gasteiger partial charge in [-0.2, -0.15) is 0 Å². The second-order valence-corrected chi connectivity index (χ2v) is 5.14. The van der Waals surface area contributed by atoms with Gasteiger partial charge < -0.3 is 5.32 Å². The molecule has 0 unspecified atom stereocenters. The maximum absolute atomic E-state index is 12.0. The van der Waals surface area contributed by atoms with E-state index in [-0.39, 0.29) is 5.91 Å². The molecule has 104 valence electrons. The van der Waals surface area contributed by atoms with Crippen molar-refractivity contribution in [2.75, 3.05) is 20.6 Å². The average molecular weight is 262 g/mol. The molecule has 0 aliphatic carbocycles. The first kappa shape index (κ1) is 15.1. The third-order valence-electron chi connectivity index (χ3n) is 2.47. The lowest BCUT2D eigenvalue weighted by Crippen LogP contribution is -2.27. The van der Waals surface area contributed by atoms with Gasteiger partial charge in [-0.3, -0.25) is 9.80 Å². The molecule has 0 saturated heterocycles. The van der Waals surface area contributed by atoms with Crippen LogP contribution in [0.2, 0.25) is 0 Å². The summed E-state index contributed by atoms with van der Waals surface area (Å²) in [5.74, 6) is 0.359. The molecule has 5 nitrogen and oxygen atoms in total. The Morgan fingerprint density at radius 1 is 1.37 bits per heavy atom. The molecule has 0 heterocycles. The van der Waals surface area contributed by atoms with Crippen molar-refractivity contribution in [2.24, 2.45) is 16.3 Å². The Bertz CT molecular complexity index is 467. The van der Waals surface area contributed by atoms with Crippen molar-refractivity contribution in [3.8, 4) is 0 Å². The van der Waals surface area contributed by atoms with Crippen molar-refractivity contribution in [3.63, 3.8) is 0 Å². The second-order valence-electron chi connectivity index (χ2n) is 5.14. The highest BCUT2D eigenvalue weighted by Gasteiger charge is 2.08.